The van der Waals surface area contributed by atoms with Crippen LogP contribution in [-0.2, 0) is 36.7 Å². The molecule has 11 heteroatoms. The van der Waals surface area contributed by atoms with E-state index < -0.39 is 59.2 Å². The molecule has 0 spiro atoms. The van der Waals surface area contributed by atoms with Crippen molar-refractivity contribution in [2.45, 2.75) is 109 Å². The zero-order chi connectivity index (χ0) is 36.6. The molecule has 268 valence electrons. The highest BCUT2D eigenvalue weighted by Crippen LogP contribution is 2.37. The summed E-state index contributed by atoms with van der Waals surface area (Å²) in [6.07, 6.45) is 1.29. The molecule has 50 heavy (non-hydrogen) atoms. The summed E-state index contributed by atoms with van der Waals surface area (Å²) in [5, 5.41) is 26.5. The van der Waals surface area contributed by atoms with E-state index in [4.69, 9.17) is 9.47 Å². The number of alkyl carbamates (subject to hydrolysis) is 1. The van der Waals surface area contributed by atoms with E-state index >= 15 is 0 Å². The highest BCUT2D eigenvalue weighted by molar-refractivity contribution is 5.94. The van der Waals surface area contributed by atoms with Crippen LogP contribution in [0.4, 0.5) is 4.79 Å². The number of benzene rings is 3. The van der Waals surface area contributed by atoms with E-state index in [9.17, 15) is 29.4 Å². The molecule has 0 aliphatic heterocycles. The molecule has 3 atom stereocenters. The van der Waals surface area contributed by atoms with E-state index in [1.165, 1.54) is 23.1 Å². The number of nitrogens with zero attached hydrogens (tertiary/aromatic N) is 1. The van der Waals surface area contributed by atoms with Gasteiger partial charge in [-0.25, -0.2) is 9.59 Å². The lowest BCUT2D eigenvalue weighted by atomic mass is 9.87. The van der Waals surface area contributed by atoms with Crippen LogP contribution >= 0.6 is 0 Å². The van der Waals surface area contributed by atoms with Gasteiger partial charge in [0.2, 0.25) is 11.8 Å². The Balaban J connectivity index is 1.77. The van der Waals surface area contributed by atoms with Crippen molar-refractivity contribution in [2.24, 2.45) is 0 Å². The van der Waals surface area contributed by atoms with Crippen molar-refractivity contribution in [1.29, 1.82) is 0 Å². The smallest absolute Gasteiger partial charge is 0.408 e. The molecule has 1 fully saturated rings. The second-order valence-corrected chi connectivity index (χ2v) is 14.6. The SMILES string of the molecule is CC(C)(C)OC(=O)NC(Cc1ccc(O)cc1)C(=O)N(C1CCC1)C(C(=O)NC(Cc1ccccc1)C(=O)OC(C)(C)C)c1ccccc1O. The summed E-state index contributed by atoms with van der Waals surface area (Å²) in [7, 11) is 0. The first-order chi connectivity index (χ1) is 23.5. The fourth-order valence-electron chi connectivity index (χ4n) is 5.68. The number of phenols is 2. The third-order valence-corrected chi connectivity index (χ3v) is 8.14. The number of carbonyl (C=O) groups excluding carboxylic acids is 4. The normalized spacial score (nSPS) is 15.1. The van der Waals surface area contributed by atoms with Crippen molar-refractivity contribution in [3.63, 3.8) is 0 Å². The Morgan fingerprint density at radius 3 is 1.86 bits per heavy atom. The molecule has 0 bridgehead atoms. The fourth-order valence-corrected chi connectivity index (χ4v) is 5.68. The first kappa shape index (κ1) is 37.8. The molecule has 3 amide bonds. The second kappa shape index (κ2) is 16.1. The molecule has 4 rings (SSSR count). The number of phenolic OH excluding ortho intramolecular Hbond substituents is 2. The molecule has 1 saturated carbocycles. The molecule has 3 aromatic carbocycles. The highest BCUT2D eigenvalue weighted by atomic mass is 16.6. The van der Waals surface area contributed by atoms with Gasteiger partial charge < -0.3 is 35.2 Å². The number of ether oxygens (including phenoxy) is 2. The third-order valence-electron chi connectivity index (χ3n) is 8.14. The molecule has 1 aliphatic rings. The van der Waals surface area contributed by atoms with E-state index in [1.807, 2.05) is 30.3 Å². The zero-order valence-electron chi connectivity index (χ0n) is 29.6. The van der Waals surface area contributed by atoms with Crippen LogP contribution in [0.25, 0.3) is 0 Å². The van der Waals surface area contributed by atoms with Crippen LogP contribution in [0.15, 0.2) is 78.9 Å². The number of rotatable bonds is 12. The number of para-hydroxylation sites is 1. The number of nitrogens with one attached hydrogen (secondary N) is 2. The van der Waals surface area contributed by atoms with Crippen LogP contribution in [0.1, 0.15) is 83.5 Å². The summed E-state index contributed by atoms with van der Waals surface area (Å²) in [5.74, 6) is -2.09. The van der Waals surface area contributed by atoms with Gasteiger partial charge in [-0.3, -0.25) is 9.59 Å². The maximum Gasteiger partial charge on any atom is 0.408 e. The highest BCUT2D eigenvalue weighted by Gasteiger charge is 2.44. The minimum absolute atomic E-state index is 0.0191. The van der Waals surface area contributed by atoms with Gasteiger partial charge in [-0.1, -0.05) is 60.7 Å². The first-order valence-electron chi connectivity index (χ1n) is 17.0. The average Bonchev–Trinajstić information content (AvgIpc) is 2.99. The molecule has 3 unspecified atom stereocenters. The summed E-state index contributed by atoms with van der Waals surface area (Å²) >= 11 is 0. The molecular formula is C39H49N3O8. The fraction of sp³-hybridized carbons (Fsp3) is 0.436. The van der Waals surface area contributed by atoms with Crippen molar-refractivity contribution in [2.75, 3.05) is 0 Å². The van der Waals surface area contributed by atoms with Gasteiger partial charge in [-0.05, 0) is 90.1 Å². The van der Waals surface area contributed by atoms with Gasteiger partial charge in [0, 0.05) is 24.4 Å². The first-order valence-corrected chi connectivity index (χ1v) is 17.0. The van der Waals surface area contributed by atoms with Crippen LogP contribution < -0.4 is 10.6 Å². The lowest BCUT2D eigenvalue weighted by Crippen LogP contribution is -2.59. The molecule has 1 aliphatic carbocycles. The zero-order valence-corrected chi connectivity index (χ0v) is 29.6. The lowest BCUT2D eigenvalue weighted by Gasteiger charge is -2.44. The van der Waals surface area contributed by atoms with Gasteiger partial charge in [0.15, 0.2) is 0 Å². The largest absolute Gasteiger partial charge is 0.508 e. The summed E-state index contributed by atoms with van der Waals surface area (Å²) < 4.78 is 11.2. The predicted molar refractivity (Wildman–Crippen MR) is 188 cm³/mol. The third kappa shape index (κ3) is 10.7. The topological polar surface area (TPSA) is 154 Å². The second-order valence-electron chi connectivity index (χ2n) is 14.6. The Hall–Kier alpha value is -5.06. The van der Waals surface area contributed by atoms with E-state index in [1.54, 1.807) is 71.9 Å². The van der Waals surface area contributed by atoms with Gasteiger partial charge in [-0.2, -0.15) is 0 Å². The Kier molecular flexibility index (Phi) is 12.2. The molecular weight excluding hydrogens is 638 g/mol. The number of esters is 1. The molecule has 0 heterocycles. The van der Waals surface area contributed by atoms with E-state index in [2.05, 4.69) is 10.6 Å². The van der Waals surface area contributed by atoms with Crippen LogP contribution in [0, 0.1) is 0 Å². The van der Waals surface area contributed by atoms with Crippen LogP contribution in [0.2, 0.25) is 0 Å². The Morgan fingerprint density at radius 1 is 0.740 bits per heavy atom. The van der Waals surface area contributed by atoms with E-state index in [0.717, 1.165) is 12.0 Å². The van der Waals surface area contributed by atoms with Gasteiger partial charge in [0.1, 0.15) is 40.8 Å². The number of hydrogen-bond acceptors (Lipinski definition) is 8. The van der Waals surface area contributed by atoms with Crippen molar-refractivity contribution < 1.29 is 38.9 Å². The molecule has 0 saturated heterocycles. The minimum atomic E-state index is -1.38. The summed E-state index contributed by atoms with van der Waals surface area (Å²) in [6, 6.07) is 17.6. The van der Waals surface area contributed by atoms with Crippen molar-refractivity contribution in [3.05, 3.63) is 95.6 Å². The summed E-state index contributed by atoms with van der Waals surface area (Å²) in [6.45, 7) is 10.3. The molecule has 3 aromatic rings. The monoisotopic (exact) mass is 687 g/mol. The Labute approximate surface area is 294 Å². The van der Waals surface area contributed by atoms with Crippen LogP contribution in [0.3, 0.4) is 0 Å². The molecule has 11 nitrogen and oxygen atoms in total. The van der Waals surface area contributed by atoms with E-state index in [0.29, 0.717) is 18.4 Å². The van der Waals surface area contributed by atoms with E-state index in [-0.39, 0.29) is 29.9 Å². The number of aromatic hydroxyl groups is 2. The van der Waals surface area contributed by atoms with Gasteiger partial charge in [0.25, 0.3) is 0 Å². The van der Waals surface area contributed by atoms with Gasteiger partial charge in [-0.15, -0.1) is 0 Å². The number of carbonyl (C=O) groups is 4. The summed E-state index contributed by atoms with van der Waals surface area (Å²) in [4.78, 5) is 57.5. The summed E-state index contributed by atoms with van der Waals surface area (Å²) in [5.41, 5.74) is -0.102. The van der Waals surface area contributed by atoms with Crippen LogP contribution in [0.5, 0.6) is 11.5 Å². The maximum atomic E-state index is 14.8. The van der Waals surface area contributed by atoms with Gasteiger partial charge in [0.05, 0.1) is 0 Å². The van der Waals surface area contributed by atoms with Gasteiger partial charge >= 0.3 is 12.1 Å². The van der Waals surface area contributed by atoms with Crippen molar-refractivity contribution in [3.8, 4) is 11.5 Å². The maximum absolute atomic E-state index is 14.8. The van der Waals surface area contributed by atoms with Crippen LogP contribution in [-0.4, -0.2) is 68.3 Å². The molecule has 0 aromatic heterocycles. The standard InChI is InChI=1S/C39H49N3O8/c1-38(2,3)49-36(47)31(24-25-13-8-7-9-14-25)40-34(45)33(29-17-10-11-18-32(29)44)42(27-15-12-16-27)35(46)30(41-37(48)50-39(4,5)6)23-26-19-21-28(43)22-20-26/h7-11,13-14,17-22,27,30-31,33,43-44H,12,15-16,23-24H2,1-6H3,(H,40,45)(H,41,48). The Morgan fingerprint density at radius 2 is 1.30 bits per heavy atom. The number of amides is 3. The number of hydrogen-bond donors (Lipinski definition) is 4. The predicted octanol–water partition coefficient (Wildman–Crippen LogP) is 5.73. The quantitative estimate of drug-likeness (QED) is 0.176. The average molecular weight is 688 g/mol. The van der Waals surface area contributed by atoms with Crippen molar-refractivity contribution >= 4 is 23.9 Å². The van der Waals surface area contributed by atoms with Crippen molar-refractivity contribution in [1.82, 2.24) is 15.5 Å². The molecule has 0 radical (unpaired) electrons. The lowest BCUT2D eigenvalue weighted by molar-refractivity contribution is -0.159. The minimum Gasteiger partial charge on any atom is -0.508 e. The molecule has 4 N–H and O–H groups in total. The Bertz CT molecular complexity index is 1630.